The summed E-state index contributed by atoms with van der Waals surface area (Å²) in [6, 6.07) is 0. The third-order valence-corrected chi connectivity index (χ3v) is 15.4. The van der Waals surface area contributed by atoms with Crippen molar-refractivity contribution in [3.63, 3.8) is 0 Å². The number of rotatable bonds is 64. The zero-order valence-corrected chi connectivity index (χ0v) is 53.8. The van der Waals surface area contributed by atoms with E-state index in [4.69, 9.17) is 14.2 Å². The topological polar surface area (TPSA) is 78.9 Å². The van der Waals surface area contributed by atoms with Gasteiger partial charge in [0.25, 0.3) is 0 Å². The Morgan fingerprint density at radius 2 is 0.481 bits per heavy atom. The van der Waals surface area contributed by atoms with Gasteiger partial charge in [-0.15, -0.1) is 0 Å². The van der Waals surface area contributed by atoms with Crippen LogP contribution in [0.4, 0.5) is 0 Å². The van der Waals surface area contributed by atoms with Gasteiger partial charge in [0.15, 0.2) is 6.10 Å². The van der Waals surface area contributed by atoms with Crippen molar-refractivity contribution in [3.05, 3.63) is 85.1 Å². The van der Waals surface area contributed by atoms with Crippen molar-refractivity contribution in [1.29, 1.82) is 0 Å². The standard InChI is InChI=1S/C75H132O6/c1-4-7-10-13-16-19-22-25-28-31-33-35-36-37-38-40-41-44-47-50-53-56-59-62-65-68-74(77)80-71-72(70-79-73(76)67-64-61-58-55-52-49-46-43-30-27-24-21-18-15-12-9-6-3)81-75(78)69-66-63-60-57-54-51-48-45-42-39-34-32-29-26-23-20-17-14-11-8-5-2/h7,10,16,19,25,28,33,35,37-38,41,44,50,53,72H,4-6,8-9,11-15,17-18,20-24,26-27,29-32,34,36,39-40,42-43,45-49,51-52,54-71H2,1-3H3/b10-7-,19-16-,28-25-,35-33-,38-37-,44-41-,53-50-. The normalized spacial score (nSPS) is 12.6. The molecule has 0 aliphatic rings. The zero-order chi connectivity index (χ0) is 58.5. The lowest BCUT2D eigenvalue weighted by Gasteiger charge is -2.18. The Labute approximate surface area is 503 Å². The lowest BCUT2D eigenvalue weighted by Crippen LogP contribution is -2.30. The van der Waals surface area contributed by atoms with E-state index < -0.39 is 6.10 Å². The molecule has 0 saturated carbocycles. The van der Waals surface area contributed by atoms with Gasteiger partial charge in [-0.2, -0.15) is 0 Å². The van der Waals surface area contributed by atoms with Crippen LogP contribution in [0, 0.1) is 0 Å². The fourth-order valence-electron chi connectivity index (χ4n) is 10.2. The van der Waals surface area contributed by atoms with Crippen LogP contribution in [0.5, 0.6) is 0 Å². The van der Waals surface area contributed by atoms with E-state index in [0.29, 0.717) is 19.3 Å². The van der Waals surface area contributed by atoms with Gasteiger partial charge in [-0.25, -0.2) is 0 Å². The molecule has 0 aromatic rings. The Hall–Kier alpha value is -3.41. The van der Waals surface area contributed by atoms with Crippen molar-refractivity contribution >= 4 is 17.9 Å². The molecule has 0 bridgehead atoms. The predicted molar refractivity (Wildman–Crippen MR) is 353 cm³/mol. The highest BCUT2D eigenvalue weighted by Gasteiger charge is 2.19. The largest absolute Gasteiger partial charge is 0.462 e. The Kier molecular flexibility index (Phi) is 66.2. The fraction of sp³-hybridized carbons (Fsp3) is 0.773. The number of hydrogen-bond acceptors (Lipinski definition) is 6. The van der Waals surface area contributed by atoms with Crippen LogP contribution in [-0.2, 0) is 28.6 Å². The van der Waals surface area contributed by atoms with Crippen molar-refractivity contribution in [2.75, 3.05) is 13.2 Å². The van der Waals surface area contributed by atoms with Crippen LogP contribution in [0.2, 0.25) is 0 Å². The predicted octanol–water partition coefficient (Wildman–Crippen LogP) is 24.2. The van der Waals surface area contributed by atoms with Gasteiger partial charge in [0, 0.05) is 19.3 Å². The summed E-state index contributed by atoms with van der Waals surface area (Å²) in [5.41, 5.74) is 0. The number of unbranched alkanes of at least 4 members (excludes halogenated alkanes) is 39. The minimum absolute atomic E-state index is 0.0823. The Bertz CT molecular complexity index is 1530. The van der Waals surface area contributed by atoms with E-state index >= 15 is 0 Å². The molecule has 1 atom stereocenters. The summed E-state index contributed by atoms with van der Waals surface area (Å²) in [7, 11) is 0. The van der Waals surface area contributed by atoms with Gasteiger partial charge >= 0.3 is 17.9 Å². The van der Waals surface area contributed by atoms with E-state index in [1.165, 1.54) is 205 Å². The summed E-state index contributed by atoms with van der Waals surface area (Å²) < 4.78 is 17.0. The summed E-state index contributed by atoms with van der Waals surface area (Å²) >= 11 is 0. The van der Waals surface area contributed by atoms with Crippen molar-refractivity contribution in [1.82, 2.24) is 0 Å². The minimum Gasteiger partial charge on any atom is -0.462 e. The fourth-order valence-corrected chi connectivity index (χ4v) is 10.2. The highest BCUT2D eigenvalue weighted by atomic mass is 16.6. The van der Waals surface area contributed by atoms with Gasteiger partial charge in [-0.05, 0) is 77.0 Å². The number of allylic oxidation sites excluding steroid dienone is 14. The summed E-state index contributed by atoms with van der Waals surface area (Å²) in [6.45, 7) is 6.56. The molecule has 0 spiro atoms. The van der Waals surface area contributed by atoms with E-state index in [1.54, 1.807) is 0 Å². The van der Waals surface area contributed by atoms with Crippen molar-refractivity contribution in [2.24, 2.45) is 0 Å². The van der Waals surface area contributed by atoms with Gasteiger partial charge in [-0.3, -0.25) is 14.4 Å². The first-order chi connectivity index (χ1) is 40.0. The first-order valence-electron chi connectivity index (χ1n) is 35.1. The van der Waals surface area contributed by atoms with Crippen LogP contribution >= 0.6 is 0 Å². The van der Waals surface area contributed by atoms with E-state index in [1.807, 2.05) is 0 Å². The second-order valence-electron chi connectivity index (χ2n) is 23.4. The van der Waals surface area contributed by atoms with Gasteiger partial charge < -0.3 is 14.2 Å². The number of carbonyl (C=O) groups is 3. The third kappa shape index (κ3) is 67.3. The van der Waals surface area contributed by atoms with Crippen LogP contribution < -0.4 is 0 Å². The second kappa shape index (κ2) is 69.1. The smallest absolute Gasteiger partial charge is 0.306 e. The molecule has 0 N–H and O–H groups in total. The summed E-state index contributed by atoms with van der Waals surface area (Å²) in [4.78, 5) is 38.5. The van der Waals surface area contributed by atoms with Crippen LogP contribution in [0.25, 0.3) is 0 Å². The molecule has 0 heterocycles. The van der Waals surface area contributed by atoms with Crippen LogP contribution in [0.3, 0.4) is 0 Å². The first kappa shape index (κ1) is 77.6. The van der Waals surface area contributed by atoms with Crippen molar-refractivity contribution in [3.8, 4) is 0 Å². The zero-order valence-electron chi connectivity index (χ0n) is 53.8. The molecule has 1 unspecified atom stereocenters. The SMILES string of the molecule is CC/C=C\C/C=C\C/C=C\C/C=C\C/C=C\C/C=C\C/C=C\CCCCCC(=O)OCC(COC(=O)CCCCCCCCCCCCCCCCCCC)OC(=O)CCCCCCCCCCCCCCCCCCCCCCC. The lowest BCUT2D eigenvalue weighted by molar-refractivity contribution is -0.167. The number of ether oxygens (including phenoxy) is 3. The Morgan fingerprint density at radius 3 is 0.753 bits per heavy atom. The molecule has 0 saturated heterocycles. The average molecular weight is 1130 g/mol. The van der Waals surface area contributed by atoms with E-state index in [-0.39, 0.29) is 31.1 Å². The molecule has 0 radical (unpaired) electrons. The van der Waals surface area contributed by atoms with Gasteiger partial charge in [0.1, 0.15) is 13.2 Å². The number of hydrogen-bond donors (Lipinski definition) is 0. The van der Waals surface area contributed by atoms with Crippen LogP contribution in [-0.4, -0.2) is 37.2 Å². The lowest BCUT2D eigenvalue weighted by atomic mass is 10.0. The van der Waals surface area contributed by atoms with Gasteiger partial charge in [0.2, 0.25) is 0 Å². The van der Waals surface area contributed by atoms with E-state index in [9.17, 15) is 14.4 Å². The highest BCUT2D eigenvalue weighted by Crippen LogP contribution is 2.18. The van der Waals surface area contributed by atoms with Crippen molar-refractivity contribution < 1.29 is 28.6 Å². The van der Waals surface area contributed by atoms with E-state index in [0.717, 1.165) is 109 Å². The molecule has 0 aromatic heterocycles. The molecule has 0 aliphatic heterocycles. The van der Waals surface area contributed by atoms with Crippen LogP contribution in [0.1, 0.15) is 355 Å². The minimum atomic E-state index is -0.790. The molecule has 468 valence electrons. The van der Waals surface area contributed by atoms with Crippen molar-refractivity contribution in [2.45, 2.75) is 361 Å². The maximum atomic E-state index is 13.0. The molecule has 6 heteroatoms. The quantitative estimate of drug-likeness (QED) is 0.0261. The monoisotopic (exact) mass is 1130 g/mol. The summed E-state index contributed by atoms with van der Waals surface area (Å²) in [6.07, 6.45) is 91.7. The number of esters is 3. The Balaban J connectivity index is 4.40. The third-order valence-electron chi connectivity index (χ3n) is 15.4. The highest BCUT2D eigenvalue weighted by molar-refractivity contribution is 5.71. The van der Waals surface area contributed by atoms with Gasteiger partial charge in [-0.1, -0.05) is 343 Å². The molecular weight excluding hydrogens is 997 g/mol. The maximum absolute atomic E-state index is 13.0. The molecule has 0 aliphatic carbocycles. The molecule has 6 nitrogen and oxygen atoms in total. The number of carbonyl (C=O) groups excluding carboxylic acids is 3. The molecule has 0 rings (SSSR count). The molecule has 0 amide bonds. The molecule has 81 heavy (non-hydrogen) atoms. The maximum Gasteiger partial charge on any atom is 0.306 e. The van der Waals surface area contributed by atoms with E-state index in [2.05, 4.69) is 106 Å². The first-order valence-corrected chi connectivity index (χ1v) is 35.1. The molecule has 0 fully saturated rings. The second-order valence-corrected chi connectivity index (χ2v) is 23.4. The summed E-state index contributed by atoms with van der Waals surface area (Å²) in [5, 5.41) is 0. The molecular formula is C75H132O6. The average Bonchev–Trinajstić information content (AvgIpc) is 3.47. The molecule has 0 aromatic carbocycles. The van der Waals surface area contributed by atoms with Gasteiger partial charge in [0.05, 0.1) is 0 Å². The van der Waals surface area contributed by atoms with Crippen LogP contribution in [0.15, 0.2) is 85.1 Å². The summed E-state index contributed by atoms with van der Waals surface area (Å²) in [5.74, 6) is -0.894. The Morgan fingerprint density at radius 1 is 0.259 bits per heavy atom.